The molecule has 78 valence electrons. The Kier molecular flexibility index (Phi) is 5.35. The van der Waals surface area contributed by atoms with E-state index >= 15 is 0 Å². The molecule has 1 aliphatic rings. The van der Waals surface area contributed by atoms with E-state index in [0.29, 0.717) is 0 Å². The fraction of sp³-hybridized carbons (Fsp3) is 1.00. The molecule has 0 aromatic rings. The van der Waals surface area contributed by atoms with Crippen LogP contribution in [0.25, 0.3) is 0 Å². The minimum Gasteiger partial charge on any atom is -0.376 e. The van der Waals surface area contributed by atoms with Gasteiger partial charge in [-0.15, -0.1) is 0 Å². The number of nitrogens with one attached hydrogen (secondary N) is 1. The zero-order chi connectivity index (χ0) is 9.52. The molecule has 3 nitrogen and oxygen atoms in total. The van der Waals surface area contributed by atoms with E-state index in [0.717, 1.165) is 38.8 Å². The second-order valence-electron chi connectivity index (χ2n) is 3.95. The van der Waals surface area contributed by atoms with Crippen molar-refractivity contribution in [1.29, 1.82) is 0 Å². The molecule has 1 heterocycles. The predicted molar refractivity (Wildman–Crippen MR) is 52.9 cm³/mol. The first-order valence-electron chi connectivity index (χ1n) is 5.19. The second kappa shape index (κ2) is 6.35. The van der Waals surface area contributed by atoms with Crippen molar-refractivity contribution in [3.63, 3.8) is 0 Å². The van der Waals surface area contributed by atoms with Crippen LogP contribution in [0.15, 0.2) is 0 Å². The van der Waals surface area contributed by atoms with Crippen molar-refractivity contribution in [2.45, 2.75) is 26.4 Å². The molecule has 1 fully saturated rings. The van der Waals surface area contributed by atoms with E-state index in [4.69, 9.17) is 9.47 Å². The molecule has 0 aromatic heterocycles. The molecule has 1 aliphatic heterocycles. The third kappa shape index (κ3) is 5.24. The highest BCUT2D eigenvalue weighted by molar-refractivity contribution is 4.64. The van der Waals surface area contributed by atoms with Crippen molar-refractivity contribution in [2.75, 3.05) is 32.9 Å². The molecule has 1 atom stereocenters. The van der Waals surface area contributed by atoms with Crippen LogP contribution >= 0.6 is 0 Å². The summed E-state index contributed by atoms with van der Waals surface area (Å²) in [5.41, 5.74) is 0. The highest BCUT2D eigenvalue weighted by Crippen LogP contribution is 2.00. The molecule has 0 spiro atoms. The Morgan fingerprint density at radius 3 is 2.85 bits per heavy atom. The fourth-order valence-electron chi connectivity index (χ4n) is 1.31. The molecule has 1 rings (SSSR count). The van der Waals surface area contributed by atoms with Crippen LogP contribution in [0.5, 0.6) is 0 Å². The Morgan fingerprint density at radius 1 is 1.38 bits per heavy atom. The van der Waals surface area contributed by atoms with Crippen molar-refractivity contribution in [3.8, 4) is 0 Å². The maximum atomic E-state index is 5.50. The SMILES string of the molecule is CC(C)CCNCC1COCCO1. The lowest BCUT2D eigenvalue weighted by molar-refractivity contribution is -0.0863. The third-order valence-electron chi connectivity index (χ3n) is 2.16. The molecule has 0 bridgehead atoms. The van der Waals surface area contributed by atoms with E-state index in [1.807, 2.05) is 0 Å². The van der Waals surface area contributed by atoms with Gasteiger partial charge < -0.3 is 14.8 Å². The summed E-state index contributed by atoms with van der Waals surface area (Å²) in [6.45, 7) is 8.72. The first-order valence-corrected chi connectivity index (χ1v) is 5.19. The van der Waals surface area contributed by atoms with E-state index in [1.165, 1.54) is 6.42 Å². The van der Waals surface area contributed by atoms with Crippen molar-refractivity contribution in [3.05, 3.63) is 0 Å². The van der Waals surface area contributed by atoms with Crippen molar-refractivity contribution in [2.24, 2.45) is 5.92 Å². The van der Waals surface area contributed by atoms with Crippen LogP contribution in [0.4, 0.5) is 0 Å². The summed E-state index contributed by atoms with van der Waals surface area (Å²) >= 11 is 0. The Labute approximate surface area is 80.8 Å². The van der Waals surface area contributed by atoms with Crippen LogP contribution in [0, 0.1) is 5.92 Å². The number of hydrogen-bond donors (Lipinski definition) is 1. The summed E-state index contributed by atoms with van der Waals surface area (Å²) in [7, 11) is 0. The van der Waals surface area contributed by atoms with Gasteiger partial charge in [0.05, 0.1) is 25.9 Å². The second-order valence-corrected chi connectivity index (χ2v) is 3.95. The molecule has 0 saturated carbocycles. The van der Waals surface area contributed by atoms with Crippen LogP contribution < -0.4 is 5.32 Å². The Hall–Kier alpha value is -0.120. The summed E-state index contributed by atoms with van der Waals surface area (Å²) in [5, 5.41) is 3.38. The zero-order valence-electron chi connectivity index (χ0n) is 8.71. The highest BCUT2D eigenvalue weighted by Gasteiger charge is 2.12. The molecule has 3 heteroatoms. The molecule has 1 N–H and O–H groups in total. The van der Waals surface area contributed by atoms with Crippen molar-refractivity contribution in [1.82, 2.24) is 5.32 Å². The fourth-order valence-corrected chi connectivity index (χ4v) is 1.31. The number of ether oxygens (including phenoxy) is 2. The third-order valence-corrected chi connectivity index (χ3v) is 2.16. The number of hydrogen-bond acceptors (Lipinski definition) is 3. The lowest BCUT2D eigenvalue weighted by atomic mass is 10.1. The molecule has 0 radical (unpaired) electrons. The minimum atomic E-state index is 0.265. The van der Waals surface area contributed by atoms with E-state index in [-0.39, 0.29) is 6.10 Å². The highest BCUT2D eigenvalue weighted by atomic mass is 16.6. The lowest BCUT2D eigenvalue weighted by Gasteiger charge is -2.23. The lowest BCUT2D eigenvalue weighted by Crippen LogP contribution is -2.37. The molecule has 1 unspecified atom stereocenters. The summed E-state index contributed by atoms with van der Waals surface area (Å²) in [4.78, 5) is 0. The number of rotatable bonds is 5. The standard InChI is InChI=1S/C10H21NO2/c1-9(2)3-4-11-7-10-8-12-5-6-13-10/h9-11H,3-8H2,1-2H3. The monoisotopic (exact) mass is 187 g/mol. The Morgan fingerprint density at radius 2 is 2.23 bits per heavy atom. The maximum absolute atomic E-state index is 5.50. The van der Waals surface area contributed by atoms with Gasteiger partial charge in [-0.05, 0) is 18.9 Å². The quantitative estimate of drug-likeness (QED) is 0.652. The smallest absolute Gasteiger partial charge is 0.0933 e. The largest absolute Gasteiger partial charge is 0.376 e. The van der Waals surface area contributed by atoms with Crippen LogP contribution in [-0.2, 0) is 9.47 Å². The normalized spacial score (nSPS) is 23.8. The summed E-state index contributed by atoms with van der Waals surface area (Å²) in [5.74, 6) is 0.774. The summed E-state index contributed by atoms with van der Waals surface area (Å²) in [6, 6.07) is 0. The van der Waals surface area contributed by atoms with Gasteiger partial charge in [-0.3, -0.25) is 0 Å². The van der Waals surface area contributed by atoms with Gasteiger partial charge in [0.1, 0.15) is 0 Å². The van der Waals surface area contributed by atoms with Crippen molar-refractivity contribution >= 4 is 0 Å². The molecular weight excluding hydrogens is 166 g/mol. The van der Waals surface area contributed by atoms with Crippen LogP contribution in [0.1, 0.15) is 20.3 Å². The van der Waals surface area contributed by atoms with Gasteiger partial charge in [0, 0.05) is 6.54 Å². The van der Waals surface area contributed by atoms with Gasteiger partial charge in [0.25, 0.3) is 0 Å². The zero-order valence-corrected chi connectivity index (χ0v) is 8.71. The topological polar surface area (TPSA) is 30.5 Å². The molecular formula is C10H21NO2. The predicted octanol–water partition coefficient (Wildman–Crippen LogP) is 1.04. The van der Waals surface area contributed by atoms with Gasteiger partial charge in [0.2, 0.25) is 0 Å². The summed E-state index contributed by atoms with van der Waals surface area (Å²) < 4.78 is 10.8. The minimum absolute atomic E-state index is 0.265. The van der Waals surface area contributed by atoms with Crippen LogP contribution in [0.2, 0.25) is 0 Å². The average Bonchev–Trinajstić information content (AvgIpc) is 2.14. The molecule has 13 heavy (non-hydrogen) atoms. The van der Waals surface area contributed by atoms with E-state index < -0.39 is 0 Å². The van der Waals surface area contributed by atoms with Gasteiger partial charge in [-0.25, -0.2) is 0 Å². The van der Waals surface area contributed by atoms with Crippen LogP contribution in [0.3, 0.4) is 0 Å². The van der Waals surface area contributed by atoms with E-state index in [1.54, 1.807) is 0 Å². The van der Waals surface area contributed by atoms with Gasteiger partial charge >= 0.3 is 0 Å². The molecule has 0 aromatic carbocycles. The van der Waals surface area contributed by atoms with Gasteiger partial charge in [0.15, 0.2) is 0 Å². The first kappa shape index (κ1) is 11.0. The van der Waals surface area contributed by atoms with E-state index in [9.17, 15) is 0 Å². The Bertz CT molecular complexity index is 122. The molecule has 1 saturated heterocycles. The average molecular weight is 187 g/mol. The maximum Gasteiger partial charge on any atom is 0.0933 e. The van der Waals surface area contributed by atoms with Crippen LogP contribution in [-0.4, -0.2) is 39.0 Å². The first-order chi connectivity index (χ1) is 6.29. The molecule has 0 aliphatic carbocycles. The summed E-state index contributed by atoms with van der Waals surface area (Å²) in [6.07, 6.45) is 1.49. The van der Waals surface area contributed by atoms with Gasteiger partial charge in [-0.1, -0.05) is 13.8 Å². The Balaban J connectivity index is 1.92. The van der Waals surface area contributed by atoms with E-state index in [2.05, 4.69) is 19.2 Å². The van der Waals surface area contributed by atoms with Gasteiger partial charge in [-0.2, -0.15) is 0 Å². The molecule has 0 amide bonds. The van der Waals surface area contributed by atoms with Crippen molar-refractivity contribution < 1.29 is 9.47 Å².